The molecule has 0 aromatic carbocycles. The first-order chi connectivity index (χ1) is 9.75. The Hall–Kier alpha value is -1.21. The van der Waals surface area contributed by atoms with E-state index in [1.54, 1.807) is 6.20 Å². The minimum absolute atomic E-state index is 0.241. The van der Waals surface area contributed by atoms with Gasteiger partial charge in [-0.3, -0.25) is 4.98 Å². The molecule has 1 atom stereocenters. The summed E-state index contributed by atoms with van der Waals surface area (Å²) in [6, 6.07) is 3.60. The highest BCUT2D eigenvalue weighted by Crippen LogP contribution is 2.37. The molecular weight excluding hydrogens is 265 g/mol. The molecule has 2 rings (SSSR count). The van der Waals surface area contributed by atoms with Gasteiger partial charge >= 0.3 is 7.12 Å². The second-order valence-electron chi connectivity index (χ2n) is 6.34. The normalized spacial score (nSPS) is 21.9. The van der Waals surface area contributed by atoms with Crippen LogP contribution in [-0.4, -0.2) is 29.8 Å². The first kappa shape index (κ1) is 16.2. The standard InChI is InChI=1S/C15H24BN3O2/c1-14(2)15(3,4)21-16(20-14)7-5-11-6-8-19-13(9-11)12(18)10-17/h5-9,12H,10,17-18H2,1-4H3/b7-5+/t12-/m0/s1. The first-order valence-electron chi connectivity index (χ1n) is 7.20. The van der Waals surface area contributed by atoms with Crippen molar-refractivity contribution in [1.29, 1.82) is 0 Å². The summed E-state index contributed by atoms with van der Waals surface area (Å²) in [6.45, 7) is 8.51. The Labute approximate surface area is 126 Å². The Morgan fingerprint density at radius 1 is 1.29 bits per heavy atom. The number of hydrogen-bond donors (Lipinski definition) is 2. The molecule has 1 aromatic rings. The maximum absolute atomic E-state index is 5.92. The number of pyridine rings is 1. The summed E-state index contributed by atoms with van der Waals surface area (Å²) in [5, 5.41) is 0. The lowest BCUT2D eigenvalue weighted by atomic mass is 9.89. The first-order valence-corrected chi connectivity index (χ1v) is 7.20. The van der Waals surface area contributed by atoms with Crippen LogP contribution in [0.15, 0.2) is 24.3 Å². The third kappa shape index (κ3) is 3.52. The van der Waals surface area contributed by atoms with Gasteiger partial charge in [-0.2, -0.15) is 0 Å². The summed E-state index contributed by atoms with van der Waals surface area (Å²) in [6.07, 6.45) is 3.69. The summed E-state index contributed by atoms with van der Waals surface area (Å²) < 4.78 is 11.8. The molecule has 5 nitrogen and oxygen atoms in total. The van der Waals surface area contributed by atoms with Crippen molar-refractivity contribution >= 4 is 13.2 Å². The lowest BCUT2D eigenvalue weighted by Gasteiger charge is -2.32. The molecule has 0 aliphatic carbocycles. The molecule has 1 aromatic heterocycles. The van der Waals surface area contributed by atoms with Gasteiger partial charge in [-0.25, -0.2) is 0 Å². The van der Waals surface area contributed by atoms with Crippen LogP contribution in [0, 0.1) is 0 Å². The maximum Gasteiger partial charge on any atom is 0.487 e. The average Bonchev–Trinajstić information content (AvgIpc) is 2.64. The highest BCUT2D eigenvalue weighted by molar-refractivity contribution is 6.52. The number of nitrogens with zero attached hydrogens (tertiary/aromatic N) is 1. The van der Waals surface area contributed by atoms with Crippen LogP contribution >= 0.6 is 0 Å². The fourth-order valence-corrected chi connectivity index (χ4v) is 2.05. The second-order valence-corrected chi connectivity index (χ2v) is 6.34. The molecular formula is C15H24BN3O2. The van der Waals surface area contributed by atoms with Crippen molar-refractivity contribution in [3.05, 3.63) is 35.6 Å². The van der Waals surface area contributed by atoms with Crippen molar-refractivity contribution in [3.63, 3.8) is 0 Å². The molecule has 0 amide bonds. The van der Waals surface area contributed by atoms with E-state index in [1.165, 1.54) is 0 Å². The minimum atomic E-state index is -0.352. The van der Waals surface area contributed by atoms with Gasteiger partial charge in [0, 0.05) is 12.7 Å². The van der Waals surface area contributed by atoms with Crippen LogP contribution in [0.3, 0.4) is 0 Å². The highest BCUT2D eigenvalue weighted by atomic mass is 16.7. The molecule has 0 spiro atoms. The van der Waals surface area contributed by atoms with Gasteiger partial charge in [0.2, 0.25) is 0 Å². The van der Waals surface area contributed by atoms with E-state index in [0.717, 1.165) is 11.3 Å². The van der Waals surface area contributed by atoms with E-state index in [2.05, 4.69) is 4.98 Å². The molecule has 1 saturated heterocycles. The topological polar surface area (TPSA) is 83.4 Å². The van der Waals surface area contributed by atoms with Gasteiger partial charge < -0.3 is 20.8 Å². The number of rotatable bonds is 4. The fraction of sp³-hybridized carbons (Fsp3) is 0.533. The van der Waals surface area contributed by atoms with Gasteiger partial charge in [0.05, 0.1) is 22.9 Å². The van der Waals surface area contributed by atoms with Crippen LogP contribution in [0.25, 0.3) is 6.08 Å². The molecule has 2 heterocycles. The second kappa shape index (κ2) is 5.89. The van der Waals surface area contributed by atoms with E-state index >= 15 is 0 Å². The van der Waals surface area contributed by atoms with Crippen molar-refractivity contribution < 1.29 is 9.31 Å². The van der Waals surface area contributed by atoms with Crippen molar-refractivity contribution in [1.82, 2.24) is 4.98 Å². The summed E-state index contributed by atoms with van der Waals surface area (Å²) in [5.41, 5.74) is 12.6. The van der Waals surface area contributed by atoms with E-state index in [9.17, 15) is 0 Å². The van der Waals surface area contributed by atoms with E-state index in [0.29, 0.717) is 6.54 Å². The van der Waals surface area contributed by atoms with Crippen molar-refractivity contribution in [2.75, 3.05) is 6.54 Å². The quantitative estimate of drug-likeness (QED) is 0.824. The third-order valence-electron chi connectivity index (χ3n) is 4.16. The van der Waals surface area contributed by atoms with Crippen molar-refractivity contribution in [2.24, 2.45) is 11.5 Å². The Kier molecular flexibility index (Phi) is 4.53. The fourth-order valence-electron chi connectivity index (χ4n) is 2.05. The van der Waals surface area contributed by atoms with Crippen molar-refractivity contribution in [3.8, 4) is 0 Å². The zero-order valence-corrected chi connectivity index (χ0v) is 13.2. The monoisotopic (exact) mass is 289 g/mol. The molecule has 21 heavy (non-hydrogen) atoms. The summed E-state index contributed by atoms with van der Waals surface area (Å²) in [5.74, 6) is 1.91. The van der Waals surface area contributed by atoms with E-state index in [4.69, 9.17) is 20.8 Å². The van der Waals surface area contributed by atoms with Gasteiger partial charge in [-0.1, -0.05) is 12.1 Å². The third-order valence-corrected chi connectivity index (χ3v) is 4.16. The number of nitrogens with two attached hydrogens (primary N) is 2. The number of aromatic nitrogens is 1. The maximum atomic E-state index is 5.92. The molecule has 0 radical (unpaired) electrons. The Balaban J connectivity index is 2.09. The van der Waals surface area contributed by atoms with Gasteiger partial charge in [0.25, 0.3) is 0 Å². The average molecular weight is 289 g/mol. The predicted molar refractivity (Wildman–Crippen MR) is 85.3 cm³/mol. The lowest BCUT2D eigenvalue weighted by Crippen LogP contribution is -2.41. The Morgan fingerprint density at radius 2 is 1.90 bits per heavy atom. The lowest BCUT2D eigenvalue weighted by molar-refractivity contribution is 0.00578. The van der Waals surface area contributed by atoms with Gasteiger partial charge in [-0.15, -0.1) is 0 Å². The molecule has 0 saturated carbocycles. The van der Waals surface area contributed by atoms with E-state index < -0.39 is 0 Å². The molecule has 6 heteroatoms. The molecule has 0 bridgehead atoms. The van der Waals surface area contributed by atoms with Crippen LogP contribution in [0.5, 0.6) is 0 Å². The van der Waals surface area contributed by atoms with Crippen LogP contribution in [-0.2, 0) is 9.31 Å². The Morgan fingerprint density at radius 3 is 2.48 bits per heavy atom. The smallest absolute Gasteiger partial charge is 0.400 e. The van der Waals surface area contributed by atoms with E-state index in [-0.39, 0.29) is 24.4 Å². The van der Waals surface area contributed by atoms with Crippen LogP contribution in [0.1, 0.15) is 45.0 Å². The molecule has 1 aliphatic rings. The molecule has 4 N–H and O–H groups in total. The predicted octanol–water partition coefficient (Wildman–Crippen LogP) is 1.68. The molecule has 0 unspecified atom stereocenters. The number of hydrogen-bond acceptors (Lipinski definition) is 5. The SMILES string of the molecule is CC1(C)OB(/C=C/c2ccnc([C@@H](N)CN)c2)OC1(C)C. The summed E-state index contributed by atoms with van der Waals surface area (Å²) in [7, 11) is -0.352. The molecule has 1 fully saturated rings. The minimum Gasteiger partial charge on any atom is -0.400 e. The van der Waals surface area contributed by atoms with Gasteiger partial charge in [0.1, 0.15) is 0 Å². The van der Waals surface area contributed by atoms with Crippen molar-refractivity contribution in [2.45, 2.75) is 44.9 Å². The highest BCUT2D eigenvalue weighted by Gasteiger charge is 2.49. The zero-order chi connectivity index (χ0) is 15.7. The van der Waals surface area contributed by atoms with Gasteiger partial charge in [-0.05, 0) is 45.4 Å². The summed E-state index contributed by atoms with van der Waals surface area (Å²) in [4.78, 5) is 4.23. The zero-order valence-electron chi connectivity index (χ0n) is 13.2. The Bertz CT molecular complexity index is 515. The largest absolute Gasteiger partial charge is 0.487 e. The summed E-state index contributed by atoms with van der Waals surface area (Å²) >= 11 is 0. The van der Waals surface area contributed by atoms with Crippen LogP contribution in [0.4, 0.5) is 0 Å². The van der Waals surface area contributed by atoms with Gasteiger partial charge in [0.15, 0.2) is 0 Å². The van der Waals surface area contributed by atoms with Crippen LogP contribution < -0.4 is 11.5 Å². The van der Waals surface area contributed by atoms with E-state index in [1.807, 2.05) is 51.9 Å². The molecule has 1 aliphatic heterocycles. The molecule has 114 valence electrons. The van der Waals surface area contributed by atoms with Crippen LogP contribution in [0.2, 0.25) is 0 Å².